The highest BCUT2D eigenvalue weighted by Crippen LogP contribution is 2.19. The molecule has 0 amide bonds. The summed E-state index contributed by atoms with van der Waals surface area (Å²) in [6, 6.07) is 5.78. The fraction of sp³-hybridized carbons (Fsp3) is 0.0909. The van der Waals surface area contributed by atoms with Crippen LogP contribution in [0.2, 0.25) is 0 Å². The molecule has 1 aromatic carbocycles. The van der Waals surface area contributed by atoms with Gasteiger partial charge in [-0.3, -0.25) is 0 Å². The summed E-state index contributed by atoms with van der Waals surface area (Å²) in [5, 5.41) is 1.16. The van der Waals surface area contributed by atoms with Gasteiger partial charge < -0.3 is 4.98 Å². The van der Waals surface area contributed by atoms with E-state index in [-0.39, 0.29) is 0 Å². The number of nitrogens with one attached hydrogen (secondary N) is 1. The van der Waals surface area contributed by atoms with Crippen LogP contribution in [0.3, 0.4) is 0 Å². The van der Waals surface area contributed by atoms with Crippen LogP contribution in [-0.4, -0.2) is 4.98 Å². The maximum absolute atomic E-state index is 5.62. The van der Waals surface area contributed by atoms with Gasteiger partial charge in [0.2, 0.25) is 0 Å². The van der Waals surface area contributed by atoms with E-state index >= 15 is 0 Å². The summed E-state index contributed by atoms with van der Waals surface area (Å²) in [6.45, 7) is 11.2. The second-order valence-corrected chi connectivity index (χ2v) is 2.82. The summed E-state index contributed by atoms with van der Waals surface area (Å²) in [7, 11) is 0. The molecule has 1 nitrogen and oxygen atoms in total. The molecule has 0 aliphatic carbocycles. The topological polar surface area (TPSA) is 15.8 Å². The van der Waals surface area contributed by atoms with E-state index in [1.807, 2.05) is 24.4 Å². The summed E-state index contributed by atoms with van der Waals surface area (Å²) >= 11 is 0. The second-order valence-electron chi connectivity index (χ2n) is 2.82. The van der Waals surface area contributed by atoms with Crippen molar-refractivity contribution in [2.45, 2.75) is 6.42 Å². The predicted octanol–water partition coefficient (Wildman–Crippen LogP) is 2.48. The van der Waals surface area contributed by atoms with Crippen LogP contribution in [0.4, 0.5) is 0 Å². The molecule has 58 valence electrons. The van der Waals surface area contributed by atoms with Crippen LogP contribution < -0.4 is 0 Å². The van der Waals surface area contributed by atoms with Crippen molar-refractivity contribution in [2.24, 2.45) is 0 Å². The number of rotatable bonds is 1. The molecular weight excluding hydrogens is 146 g/mol. The zero-order valence-corrected chi connectivity index (χ0v) is 6.67. The molecule has 1 N–H and O–H groups in total. The number of benzene rings is 1. The van der Waals surface area contributed by atoms with Crippen molar-refractivity contribution in [2.75, 3.05) is 0 Å². The Kier molecular flexibility index (Phi) is 1.65. The van der Waals surface area contributed by atoms with E-state index in [2.05, 4.69) is 4.98 Å². The summed E-state index contributed by atoms with van der Waals surface area (Å²) in [6.07, 6.45) is 2.48. The standard InChI is InChI=1S/C11H9N/c1-3-9-7-12-11-6-8(2)4-5-10(9)11/h1-2,4-7,12H,3H2. The molecule has 1 heteroatoms. The monoisotopic (exact) mass is 155 g/mol. The number of hydrogen-bond donors (Lipinski definition) is 1. The number of aromatic nitrogens is 1. The lowest BCUT2D eigenvalue weighted by molar-refractivity contribution is 1.29. The van der Waals surface area contributed by atoms with E-state index in [1.165, 1.54) is 0 Å². The molecule has 4 radical (unpaired) electrons. The van der Waals surface area contributed by atoms with Crippen LogP contribution in [0.1, 0.15) is 11.1 Å². The van der Waals surface area contributed by atoms with Gasteiger partial charge in [-0.15, -0.1) is 0 Å². The maximum atomic E-state index is 5.62. The highest BCUT2D eigenvalue weighted by molar-refractivity contribution is 5.84. The molecule has 0 atom stereocenters. The molecular formula is C11H9N. The van der Waals surface area contributed by atoms with Gasteiger partial charge >= 0.3 is 0 Å². The maximum Gasteiger partial charge on any atom is 0.0459 e. The highest BCUT2D eigenvalue weighted by Gasteiger charge is 2.00. The van der Waals surface area contributed by atoms with E-state index in [9.17, 15) is 0 Å². The number of fused-ring (bicyclic) bond motifs is 1. The van der Waals surface area contributed by atoms with E-state index < -0.39 is 0 Å². The van der Waals surface area contributed by atoms with Gasteiger partial charge in [0, 0.05) is 17.1 Å². The van der Waals surface area contributed by atoms with Gasteiger partial charge in [0.25, 0.3) is 0 Å². The van der Waals surface area contributed by atoms with Gasteiger partial charge in [0.15, 0.2) is 0 Å². The predicted molar refractivity (Wildman–Crippen MR) is 49.7 cm³/mol. The average Bonchev–Trinajstić information content (AvgIpc) is 2.46. The van der Waals surface area contributed by atoms with Gasteiger partial charge in [-0.05, 0) is 37.5 Å². The van der Waals surface area contributed by atoms with Crippen molar-refractivity contribution < 1.29 is 0 Å². The van der Waals surface area contributed by atoms with Crippen molar-refractivity contribution in [3.8, 4) is 0 Å². The molecule has 0 saturated carbocycles. The lowest BCUT2D eigenvalue weighted by Gasteiger charge is -1.94. The van der Waals surface area contributed by atoms with Crippen LogP contribution in [-0.2, 0) is 6.42 Å². The second kappa shape index (κ2) is 2.67. The van der Waals surface area contributed by atoms with Crippen molar-refractivity contribution >= 4 is 10.9 Å². The highest BCUT2D eigenvalue weighted by atomic mass is 14.7. The molecule has 1 heterocycles. The first-order valence-corrected chi connectivity index (χ1v) is 3.87. The van der Waals surface area contributed by atoms with Crippen molar-refractivity contribution in [3.05, 3.63) is 49.4 Å². The first kappa shape index (κ1) is 7.41. The molecule has 0 saturated heterocycles. The van der Waals surface area contributed by atoms with Gasteiger partial charge in [-0.1, -0.05) is 12.1 Å². The number of H-pyrrole nitrogens is 1. The Balaban J connectivity index is 2.73. The van der Waals surface area contributed by atoms with E-state index in [0.29, 0.717) is 6.42 Å². The van der Waals surface area contributed by atoms with Crippen LogP contribution in [0.5, 0.6) is 0 Å². The smallest absolute Gasteiger partial charge is 0.0459 e. The molecule has 0 fully saturated rings. The van der Waals surface area contributed by atoms with Crippen molar-refractivity contribution in [1.82, 2.24) is 4.98 Å². The van der Waals surface area contributed by atoms with Crippen LogP contribution >= 0.6 is 0 Å². The van der Waals surface area contributed by atoms with Gasteiger partial charge in [0.05, 0.1) is 0 Å². The Bertz CT molecular complexity index is 398. The molecule has 2 aromatic rings. The molecule has 0 aliphatic heterocycles. The molecule has 12 heavy (non-hydrogen) atoms. The zero-order valence-electron chi connectivity index (χ0n) is 6.67. The SMILES string of the molecule is [CH]Cc1c[nH]c2cc([CH])ccc12. The third kappa shape index (κ3) is 1.02. The normalized spacial score (nSPS) is 10.8. The minimum atomic E-state index is 0.559. The third-order valence-electron chi connectivity index (χ3n) is 2.01. The minimum Gasteiger partial charge on any atom is -0.361 e. The largest absolute Gasteiger partial charge is 0.361 e. The first-order valence-electron chi connectivity index (χ1n) is 3.87. The summed E-state index contributed by atoms with van der Waals surface area (Å²) in [5.74, 6) is 0. The fourth-order valence-corrected chi connectivity index (χ4v) is 1.37. The number of hydrogen-bond acceptors (Lipinski definition) is 0. The van der Waals surface area contributed by atoms with Gasteiger partial charge in [-0.25, -0.2) is 0 Å². The fourth-order valence-electron chi connectivity index (χ4n) is 1.37. The Morgan fingerprint density at radius 1 is 1.33 bits per heavy atom. The van der Waals surface area contributed by atoms with Crippen LogP contribution in [0.15, 0.2) is 24.4 Å². The average molecular weight is 155 g/mol. The van der Waals surface area contributed by atoms with E-state index in [4.69, 9.17) is 13.8 Å². The van der Waals surface area contributed by atoms with Crippen molar-refractivity contribution in [3.63, 3.8) is 0 Å². The van der Waals surface area contributed by atoms with Crippen LogP contribution in [0, 0.1) is 13.8 Å². The zero-order chi connectivity index (χ0) is 8.55. The van der Waals surface area contributed by atoms with E-state index in [0.717, 1.165) is 22.0 Å². The lowest BCUT2D eigenvalue weighted by Crippen LogP contribution is -1.76. The Morgan fingerprint density at radius 2 is 2.17 bits per heavy atom. The number of aromatic amines is 1. The summed E-state index contributed by atoms with van der Waals surface area (Å²) in [5.41, 5.74) is 2.95. The molecule has 1 aromatic heterocycles. The summed E-state index contributed by atoms with van der Waals surface area (Å²) in [4.78, 5) is 3.12. The Morgan fingerprint density at radius 3 is 2.92 bits per heavy atom. The van der Waals surface area contributed by atoms with Crippen LogP contribution in [0.25, 0.3) is 10.9 Å². The summed E-state index contributed by atoms with van der Waals surface area (Å²) < 4.78 is 0. The molecule has 0 bridgehead atoms. The Labute approximate surface area is 72.4 Å². The molecule has 0 unspecified atom stereocenters. The van der Waals surface area contributed by atoms with E-state index in [1.54, 1.807) is 0 Å². The molecule has 0 spiro atoms. The van der Waals surface area contributed by atoms with Gasteiger partial charge in [-0.2, -0.15) is 0 Å². The Hall–Kier alpha value is -1.24. The minimum absolute atomic E-state index is 0.559. The molecule has 0 aliphatic rings. The molecule has 2 rings (SSSR count). The third-order valence-corrected chi connectivity index (χ3v) is 2.01. The lowest BCUT2D eigenvalue weighted by atomic mass is 10.1. The van der Waals surface area contributed by atoms with Crippen molar-refractivity contribution in [1.29, 1.82) is 0 Å². The quantitative estimate of drug-likeness (QED) is 0.651. The first-order chi connectivity index (χ1) is 5.81. The van der Waals surface area contributed by atoms with Gasteiger partial charge in [0.1, 0.15) is 0 Å².